The van der Waals surface area contributed by atoms with E-state index in [0.29, 0.717) is 0 Å². The van der Waals surface area contributed by atoms with Gasteiger partial charge in [-0.3, -0.25) is 0 Å². The number of aryl methyl sites for hydroxylation is 1. The molecule has 4 rings (SSSR count). The van der Waals surface area contributed by atoms with Gasteiger partial charge < -0.3 is 9.30 Å². The van der Waals surface area contributed by atoms with Gasteiger partial charge in [0.05, 0.1) is 23.8 Å². The molecule has 0 saturated heterocycles. The first-order chi connectivity index (χ1) is 12.2. The van der Waals surface area contributed by atoms with Crippen molar-refractivity contribution in [2.45, 2.75) is 10.9 Å². The first-order valence-corrected chi connectivity index (χ1v) is 9.74. The van der Waals surface area contributed by atoms with Gasteiger partial charge in [-0.1, -0.05) is 36.0 Å². The van der Waals surface area contributed by atoms with Crippen molar-refractivity contribution in [3.8, 4) is 16.3 Å². The molecule has 126 valence electrons. The third-order valence-electron chi connectivity index (χ3n) is 3.96. The molecule has 2 aromatic heterocycles. The van der Waals surface area contributed by atoms with Gasteiger partial charge in [0.15, 0.2) is 5.16 Å². The minimum Gasteiger partial charge on any atom is -0.497 e. The van der Waals surface area contributed by atoms with Gasteiger partial charge in [0.1, 0.15) is 10.8 Å². The van der Waals surface area contributed by atoms with Crippen LogP contribution in [0.15, 0.2) is 59.1 Å². The highest BCUT2D eigenvalue weighted by Gasteiger charge is 2.10. The smallest absolute Gasteiger partial charge is 0.169 e. The molecule has 0 saturated carbocycles. The number of nitrogens with zero attached hydrogens (tertiary/aromatic N) is 3. The Morgan fingerprint density at radius 2 is 2.00 bits per heavy atom. The topological polar surface area (TPSA) is 39.9 Å². The third-order valence-corrected chi connectivity index (χ3v) is 5.97. The summed E-state index contributed by atoms with van der Waals surface area (Å²) in [6.07, 6.45) is 0. The maximum atomic E-state index is 5.29. The van der Waals surface area contributed by atoms with Crippen molar-refractivity contribution >= 4 is 34.1 Å². The molecule has 0 bridgehead atoms. The van der Waals surface area contributed by atoms with E-state index in [9.17, 15) is 0 Å². The maximum Gasteiger partial charge on any atom is 0.169 e. The lowest BCUT2D eigenvalue weighted by molar-refractivity contribution is 0.415. The highest BCUT2D eigenvalue weighted by Crippen LogP contribution is 2.30. The molecule has 0 radical (unpaired) electrons. The van der Waals surface area contributed by atoms with E-state index in [4.69, 9.17) is 14.7 Å². The number of methoxy groups -OCH3 is 1. The molecule has 0 aliphatic rings. The van der Waals surface area contributed by atoms with Crippen molar-refractivity contribution in [3.63, 3.8) is 0 Å². The summed E-state index contributed by atoms with van der Waals surface area (Å²) in [5.74, 6) is 1.65. The van der Waals surface area contributed by atoms with Crippen LogP contribution in [0.3, 0.4) is 0 Å². The van der Waals surface area contributed by atoms with Gasteiger partial charge in [0, 0.05) is 23.7 Å². The number of benzene rings is 2. The number of para-hydroxylation sites is 2. The number of hydrogen-bond acceptors (Lipinski definition) is 5. The molecule has 2 aromatic carbocycles. The molecule has 4 aromatic rings. The van der Waals surface area contributed by atoms with Crippen LogP contribution in [0.1, 0.15) is 5.69 Å². The molecular formula is C19H17N3OS2. The Bertz CT molecular complexity index is 1020. The molecule has 4 nitrogen and oxygen atoms in total. The monoisotopic (exact) mass is 367 g/mol. The predicted molar refractivity (Wildman–Crippen MR) is 104 cm³/mol. The third kappa shape index (κ3) is 3.27. The fraction of sp³-hybridized carbons (Fsp3) is 0.158. The minimum atomic E-state index is 0.803. The lowest BCUT2D eigenvalue weighted by Gasteiger charge is -2.01. The summed E-state index contributed by atoms with van der Waals surface area (Å²) in [7, 11) is 3.74. The quantitative estimate of drug-likeness (QED) is 0.466. The first-order valence-electron chi connectivity index (χ1n) is 7.87. The van der Waals surface area contributed by atoms with Gasteiger partial charge in [-0.2, -0.15) is 0 Å². The van der Waals surface area contributed by atoms with Gasteiger partial charge in [0.25, 0.3) is 0 Å². The molecule has 6 heteroatoms. The fourth-order valence-corrected chi connectivity index (χ4v) is 4.45. The molecule has 0 amide bonds. The predicted octanol–water partition coefficient (Wildman–Crippen LogP) is 5.00. The fourth-order valence-electron chi connectivity index (χ4n) is 2.65. The zero-order chi connectivity index (χ0) is 17.2. The molecule has 0 N–H and O–H groups in total. The Hall–Kier alpha value is -2.31. The molecule has 25 heavy (non-hydrogen) atoms. The van der Waals surface area contributed by atoms with Crippen molar-refractivity contribution in [1.29, 1.82) is 0 Å². The van der Waals surface area contributed by atoms with Gasteiger partial charge in [0.2, 0.25) is 0 Å². The van der Waals surface area contributed by atoms with Crippen molar-refractivity contribution in [3.05, 3.63) is 59.6 Å². The Kier molecular flexibility index (Phi) is 4.46. The molecule has 0 aliphatic heterocycles. The van der Waals surface area contributed by atoms with Crippen LogP contribution in [0.4, 0.5) is 0 Å². The van der Waals surface area contributed by atoms with E-state index in [2.05, 4.69) is 29.1 Å². The van der Waals surface area contributed by atoms with Crippen molar-refractivity contribution in [1.82, 2.24) is 14.5 Å². The Morgan fingerprint density at radius 3 is 2.84 bits per heavy atom. The van der Waals surface area contributed by atoms with Crippen LogP contribution in [0.2, 0.25) is 0 Å². The van der Waals surface area contributed by atoms with Crippen LogP contribution < -0.4 is 4.74 Å². The lowest BCUT2D eigenvalue weighted by atomic mass is 10.2. The summed E-state index contributed by atoms with van der Waals surface area (Å²) < 4.78 is 7.43. The van der Waals surface area contributed by atoms with Gasteiger partial charge >= 0.3 is 0 Å². The van der Waals surface area contributed by atoms with E-state index in [1.54, 1.807) is 30.2 Å². The Balaban J connectivity index is 1.52. The minimum absolute atomic E-state index is 0.803. The molecular weight excluding hydrogens is 350 g/mol. The summed E-state index contributed by atoms with van der Waals surface area (Å²) in [6, 6.07) is 16.2. The van der Waals surface area contributed by atoms with Crippen molar-refractivity contribution in [2.24, 2.45) is 7.05 Å². The summed E-state index contributed by atoms with van der Waals surface area (Å²) in [4.78, 5) is 9.46. The highest BCUT2D eigenvalue weighted by atomic mass is 32.2. The molecule has 0 spiro atoms. The maximum absolute atomic E-state index is 5.29. The van der Waals surface area contributed by atoms with Crippen molar-refractivity contribution < 1.29 is 4.74 Å². The lowest BCUT2D eigenvalue weighted by Crippen LogP contribution is -1.91. The molecule has 0 atom stereocenters. The van der Waals surface area contributed by atoms with Crippen LogP contribution in [-0.2, 0) is 12.8 Å². The van der Waals surface area contributed by atoms with Crippen LogP contribution in [-0.4, -0.2) is 21.6 Å². The molecule has 0 fully saturated rings. The summed E-state index contributed by atoms with van der Waals surface area (Å²) in [6.45, 7) is 0. The average molecular weight is 367 g/mol. The Labute approximate surface area is 154 Å². The van der Waals surface area contributed by atoms with Crippen LogP contribution in [0.25, 0.3) is 21.6 Å². The molecule has 0 aliphatic carbocycles. The number of imidazole rings is 1. The van der Waals surface area contributed by atoms with E-state index in [0.717, 1.165) is 44.0 Å². The van der Waals surface area contributed by atoms with Gasteiger partial charge in [-0.05, 0) is 24.3 Å². The number of thioether (sulfide) groups is 1. The van der Waals surface area contributed by atoms with Crippen LogP contribution in [0, 0.1) is 0 Å². The zero-order valence-electron chi connectivity index (χ0n) is 14.0. The standard InChI is InChI=1S/C19H17N3OS2/c1-22-17-9-4-3-8-16(17)21-19(22)25-12-14-11-24-18(20-14)13-6-5-7-15(10-13)23-2/h3-11H,12H2,1-2H3. The van der Waals surface area contributed by atoms with E-state index >= 15 is 0 Å². The van der Waals surface area contributed by atoms with Crippen molar-refractivity contribution in [2.75, 3.05) is 7.11 Å². The second-order valence-electron chi connectivity index (χ2n) is 5.61. The number of aromatic nitrogens is 3. The molecule has 0 unspecified atom stereocenters. The second kappa shape index (κ2) is 6.90. The van der Waals surface area contributed by atoms with Crippen LogP contribution in [0.5, 0.6) is 5.75 Å². The summed E-state index contributed by atoms with van der Waals surface area (Å²) >= 11 is 3.37. The summed E-state index contributed by atoms with van der Waals surface area (Å²) in [5.41, 5.74) is 4.34. The van der Waals surface area contributed by atoms with E-state index in [-0.39, 0.29) is 0 Å². The highest BCUT2D eigenvalue weighted by molar-refractivity contribution is 7.98. The zero-order valence-corrected chi connectivity index (χ0v) is 15.6. The largest absolute Gasteiger partial charge is 0.497 e. The number of ether oxygens (including phenoxy) is 1. The molecule has 2 heterocycles. The second-order valence-corrected chi connectivity index (χ2v) is 7.41. The normalized spacial score (nSPS) is 11.1. The van der Waals surface area contributed by atoms with Crippen LogP contribution >= 0.6 is 23.1 Å². The Morgan fingerprint density at radius 1 is 1.12 bits per heavy atom. The number of fused-ring (bicyclic) bond motifs is 1. The van der Waals surface area contributed by atoms with Gasteiger partial charge in [-0.25, -0.2) is 9.97 Å². The average Bonchev–Trinajstić information content (AvgIpc) is 3.25. The summed E-state index contributed by atoms with van der Waals surface area (Å²) in [5, 5.41) is 4.14. The number of hydrogen-bond donors (Lipinski definition) is 0. The SMILES string of the molecule is COc1cccc(-c2nc(CSc3nc4ccccc4n3C)cs2)c1. The first kappa shape index (κ1) is 16.2. The van der Waals surface area contributed by atoms with E-state index in [1.165, 1.54) is 0 Å². The van der Waals surface area contributed by atoms with Gasteiger partial charge in [-0.15, -0.1) is 11.3 Å². The van der Waals surface area contributed by atoms with E-state index in [1.807, 2.05) is 36.4 Å². The number of thiazole rings is 1. The van der Waals surface area contributed by atoms with E-state index < -0.39 is 0 Å². The number of rotatable bonds is 5.